The molecule has 4 rings (SSSR count). The predicted molar refractivity (Wildman–Crippen MR) is 112 cm³/mol. The quantitative estimate of drug-likeness (QED) is 0.359. The summed E-state index contributed by atoms with van der Waals surface area (Å²) in [7, 11) is 0. The van der Waals surface area contributed by atoms with Gasteiger partial charge in [-0.05, 0) is 57.0 Å². The van der Waals surface area contributed by atoms with Crippen LogP contribution < -0.4 is 0 Å². The van der Waals surface area contributed by atoms with Crippen LogP contribution in [0.5, 0.6) is 0 Å². The second kappa shape index (κ2) is 7.28. The van der Waals surface area contributed by atoms with Crippen molar-refractivity contribution < 1.29 is 9.21 Å². The third-order valence-electron chi connectivity index (χ3n) is 4.95. The highest BCUT2D eigenvalue weighted by atomic mass is 32.2. The summed E-state index contributed by atoms with van der Waals surface area (Å²) in [5, 5.41) is 9.26. The summed E-state index contributed by atoms with van der Waals surface area (Å²) in [5.41, 5.74) is 5.84. The van der Waals surface area contributed by atoms with Gasteiger partial charge in [0.2, 0.25) is 5.89 Å². The molecular formula is C22H21N3O2S. The Labute approximate surface area is 167 Å². The van der Waals surface area contributed by atoms with E-state index in [1.165, 1.54) is 22.9 Å². The van der Waals surface area contributed by atoms with E-state index in [2.05, 4.69) is 29.0 Å². The van der Waals surface area contributed by atoms with Crippen LogP contribution in [0, 0.1) is 20.8 Å². The fraction of sp³-hybridized carbons (Fsp3) is 0.227. The number of carbonyl (C=O) groups excluding carboxylic acids is 1. The van der Waals surface area contributed by atoms with E-state index in [-0.39, 0.29) is 11.0 Å². The maximum atomic E-state index is 13.1. The lowest BCUT2D eigenvalue weighted by Crippen LogP contribution is -2.14. The molecule has 28 heavy (non-hydrogen) atoms. The van der Waals surface area contributed by atoms with Gasteiger partial charge in [0.1, 0.15) is 0 Å². The van der Waals surface area contributed by atoms with Gasteiger partial charge in [-0.25, -0.2) is 0 Å². The molecule has 5 nitrogen and oxygen atoms in total. The standard InChI is InChI=1S/C22H21N3O2S/c1-12-9-10-16(11-13(12)2)21-24-25-22(27-21)28-15(4)20(26)19-14(3)23-18-8-6-5-7-17(18)19/h5-11,15,23H,1-4H3/t15-/m1/s1. The van der Waals surface area contributed by atoms with E-state index in [9.17, 15) is 4.79 Å². The number of aromatic amines is 1. The molecule has 0 saturated heterocycles. The summed E-state index contributed by atoms with van der Waals surface area (Å²) in [5.74, 6) is 0.513. The molecule has 2 heterocycles. The lowest BCUT2D eigenvalue weighted by Gasteiger charge is -2.07. The van der Waals surface area contributed by atoms with Crippen LogP contribution in [-0.4, -0.2) is 26.2 Å². The van der Waals surface area contributed by atoms with Gasteiger partial charge < -0.3 is 9.40 Å². The number of thioether (sulfide) groups is 1. The summed E-state index contributed by atoms with van der Waals surface area (Å²) in [6, 6.07) is 13.9. The first-order valence-corrected chi connectivity index (χ1v) is 10.0. The van der Waals surface area contributed by atoms with Crippen molar-refractivity contribution in [3.8, 4) is 11.5 Å². The van der Waals surface area contributed by atoms with Crippen LogP contribution in [0.4, 0.5) is 0 Å². The fourth-order valence-electron chi connectivity index (χ4n) is 3.25. The van der Waals surface area contributed by atoms with Crippen LogP contribution >= 0.6 is 11.8 Å². The van der Waals surface area contributed by atoms with Crippen molar-refractivity contribution in [1.82, 2.24) is 15.2 Å². The average Bonchev–Trinajstić information content (AvgIpc) is 3.26. The number of ketones is 1. The van der Waals surface area contributed by atoms with E-state index in [0.29, 0.717) is 11.1 Å². The summed E-state index contributed by atoms with van der Waals surface area (Å²) in [4.78, 5) is 16.4. The van der Waals surface area contributed by atoms with Gasteiger partial charge in [0.15, 0.2) is 5.78 Å². The van der Waals surface area contributed by atoms with E-state index in [4.69, 9.17) is 4.42 Å². The molecule has 142 valence electrons. The summed E-state index contributed by atoms with van der Waals surface area (Å²) in [6.07, 6.45) is 0. The van der Waals surface area contributed by atoms with Gasteiger partial charge in [-0.15, -0.1) is 10.2 Å². The zero-order chi connectivity index (χ0) is 19.8. The Balaban J connectivity index is 1.56. The Morgan fingerprint density at radius 1 is 1.07 bits per heavy atom. The molecule has 4 aromatic rings. The Morgan fingerprint density at radius 3 is 2.64 bits per heavy atom. The van der Waals surface area contributed by atoms with Gasteiger partial charge in [0.25, 0.3) is 5.22 Å². The Hall–Kier alpha value is -2.86. The Morgan fingerprint density at radius 2 is 1.86 bits per heavy atom. The monoisotopic (exact) mass is 391 g/mol. The molecule has 0 saturated carbocycles. The first-order chi connectivity index (χ1) is 13.4. The maximum Gasteiger partial charge on any atom is 0.277 e. The molecule has 2 aromatic carbocycles. The molecule has 0 aliphatic heterocycles. The largest absolute Gasteiger partial charge is 0.411 e. The van der Waals surface area contributed by atoms with Crippen molar-refractivity contribution in [1.29, 1.82) is 0 Å². The maximum absolute atomic E-state index is 13.1. The number of H-pyrrole nitrogens is 1. The first-order valence-electron chi connectivity index (χ1n) is 9.13. The van der Waals surface area contributed by atoms with Gasteiger partial charge in [-0.3, -0.25) is 4.79 Å². The number of aryl methyl sites for hydroxylation is 3. The number of nitrogens with zero attached hydrogens (tertiary/aromatic N) is 2. The summed E-state index contributed by atoms with van der Waals surface area (Å²) in [6.45, 7) is 7.91. The highest BCUT2D eigenvalue weighted by Crippen LogP contribution is 2.31. The van der Waals surface area contributed by atoms with E-state index in [0.717, 1.165) is 27.7 Å². The molecular weight excluding hydrogens is 370 g/mol. The molecule has 2 aromatic heterocycles. The molecule has 1 N–H and O–H groups in total. The minimum Gasteiger partial charge on any atom is -0.411 e. The molecule has 0 amide bonds. The molecule has 0 spiro atoms. The number of fused-ring (bicyclic) bond motifs is 1. The van der Waals surface area contributed by atoms with Crippen molar-refractivity contribution in [2.75, 3.05) is 0 Å². The zero-order valence-electron chi connectivity index (χ0n) is 16.2. The molecule has 0 unspecified atom stereocenters. The topological polar surface area (TPSA) is 71.8 Å². The third kappa shape index (κ3) is 3.36. The molecule has 0 aliphatic carbocycles. The highest BCUT2D eigenvalue weighted by molar-refractivity contribution is 8.00. The lowest BCUT2D eigenvalue weighted by atomic mass is 10.1. The summed E-state index contributed by atoms with van der Waals surface area (Å²) < 4.78 is 5.80. The van der Waals surface area contributed by atoms with Crippen LogP contribution in [0.2, 0.25) is 0 Å². The number of aromatic nitrogens is 3. The van der Waals surface area contributed by atoms with Crippen molar-refractivity contribution in [2.24, 2.45) is 0 Å². The van der Waals surface area contributed by atoms with Crippen molar-refractivity contribution in [3.05, 3.63) is 64.8 Å². The number of hydrogen-bond acceptors (Lipinski definition) is 5. The second-order valence-electron chi connectivity index (χ2n) is 6.97. The van der Waals surface area contributed by atoms with Gasteiger partial charge in [0, 0.05) is 27.7 Å². The SMILES string of the molecule is Cc1ccc(-c2nnc(S[C@H](C)C(=O)c3c(C)[nH]c4ccccc34)o2)cc1C. The Kier molecular flexibility index (Phi) is 4.81. The van der Waals surface area contributed by atoms with Crippen LogP contribution in [0.3, 0.4) is 0 Å². The number of carbonyl (C=O) groups is 1. The molecule has 1 atom stereocenters. The molecule has 0 aliphatic rings. The summed E-state index contributed by atoms with van der Waals surface area (Å²) >= 11 is 1.29. The number of hydrogen-bond donors (Lipinski definition) is 1. The minimum absolute atomic E-state index is 0.0471. The van der Waals surface area contributed by atoms with Crippen LogP contribution in [0.15, 0.2) is 52.1 Å². The van der Waals surface area contributed by atoms with E-state index >= 15 is 0 Å². The number of nitrogens with one attached hydrogen (secondary N) is 1. The van der Waals surface area contributed by atoms with Gasteiger partial charge >= 0.3 is 0 Å². The minimum atomic E-state index is -0.342. The van der Waals surface area contributed by atoms with E-state index < -0.39 is 0 Å². The van der Waals surface area contributed by atoms with Gasteiger partial charge in [-0.1, -0.05) is 36.0 Å². The van der Waals surface area contributed by atoms with Crippen molar-refractivity contribution >= 4 is 28.4 Å². The number of para-hydroxylation sites is 1. The highest BCUT2D eigenvalue weighted by Gasteiger charge is 2.24. The van der Waals surface area contributed by atoms with E-state index in [1.807, 2.05) is 56.3 Å². The van der Waals surface area contributed by atoms with Gasteiger partial charge in [0.05, 0.1) is 5.25 Å². The smallest absolute Gasteiger partial charge is 0.277 e. The molecule has 0 fully saturated rings. The first kappa shape index (κ1) is 18.5. The normalized spacial score (nSPS) is 12.4. The Bertz CT molecular complexity index is 1180. The van der Waals surface area contributed by atoms with Crippen LogP contribution in [0.25, 0.3) is 22.4 Å². The lowest BCUT2D eigenvalue weighted by molar-refractivity contribution is 0.0994. The predicted octanol–water partition coefficient (Wildman–Crippen LogP) is 5.51. The van der Waals surface area contributed by atoms with Crippen LogP contribution in [0.1, 0.15) is 34.1 Å². The molecule has 6 heteroatoms. The molecule has 0 radical (unpaired) electrons. The fourth-order valence-corrected chi connectivity index (χ4v) is 3.99. The second-order valence-corrected chi connectivity index (χ2v) is 8.26. The number of rotatable bonds is 5. The zero-order valence-corrected chi connectivity index (χ0v) is 17.1. The molecule has 0 bridgehead atoms. The van der Waals surface area contributed by atoms with Gasteiger partial charge in [-0.2, -0.15) is 0 Å². The average molecular weight is 391 g/mol. The number of benzene rings is 2. The van der Waals surface area contributed by atoms with Crippen molar-refractivity contribution in [3.63, 3.8) is 0 Å². The van der Waals surface area contributed by atoms with Crippen molar-refractivity contribution in [2.45, 2.75) is 38.2 Å². The van der Waals surface area contributed by atoms with Crippen LogP contribution in [-0.2, 0) is 0 Å². The third-order valence-corrected chi connectivity index (χ3v) is 5.88. The van der Waals surface area contributed by atoms with E-state index in [1.54, 1.807) is 0 Å². The number of Topliss-reactive ketones (excluding diaryl/α,β-unsaturated/α-hetero) is 1.